The first-order chi connectivity index (χ1) is 7.79. The van der Waals surface area contributed by atoms with E-state index in [1.165, 1.54) is 5.32 Å². The number of unbranched alkanes of at least 4 members (excludes halogenated alkanes) is 3. The second kappa shape index (κ2) is 7.13. The predicted molar refractivity (Wildman–Crippen MR) is 54.4 cm³/mol. The zero-order valence-electron chi connectivity index (χ0n) is 9.51. The van der Waals surface area contributed by atoms with Crippen LogP contribution in [0.4, 0.5) is 13.2 Å². The fourth-order valence-corrected chi connectivity index (χ4v) is 1.27. The lowest BCUT2D eigenvalue weighted by Crippen LogP contribution is -2.46. The molecule has 4 nitrogen and oxygen atoms in total. The molecule has 0 saturated carbocycles. The highest BCUT2D eigenvalue weighted by atomic mass is 19.4. The van der Waals surface area contributed by atoms with Gasteiger partial charge in [0.15, 0.2) is 0 Å². The third-order valence-electron chi connectivity index (χ3n) is 2.21. The van der Waals surface area contributed by atoms with Crippen molar-refractivity contribution in [2.24, 2.45) is 0 Å². The Morgan fingerprint density at radius 1 is 1.24 bits per heavy atom. The quantitative estimate of drug-likeness (QED) is 0.684. The lowest BCUT2D eigenvalue weighted by atomic mass is 10.1. The van der Waals surface area contributed by atoms with Gasteiger partial charge in [0, 0.05) is 0 Å². The van der Waals surface area contributed by atoms with E-state index in [0.29, 0.717) is 6.42 Å². The number of carboxylic acids is 1. The standard InChI is InChI=1S/C10H16F3NO3/c1-2-3-4-5-6-7(8(15)16)14-9(17)10(11,12)13/h7H,2-6H2,1H3,(H,14,17)(H,15,16). The smallest absolute Gasteiger partial charge is 0.471 e. The summed E-state index contributed by atoms with van der Waals surface area (Å²) in [7, 11) is 0. The summed E-state index contributed by atoms with van der Waals surface area (Å²) >= 11 is 0. The summed E-state index contributed by atoms with van der Waals surface area (Å²) in [5.41, 5.74) is 0. The highest BCUT2D eigenvalue weighted by molar-refractivity contribution is 5.86. The number of hydrogen-bond acceptors (Lipinski definition) is 2. The van der Waals surface area contributed by atoms with Gasteiger partial charge in [0.2, 0.25) is 0 Å². The molecule has 100 valence electrons. The van der Waals surface area contributed by atoms with Crippen LogP contribution >= 0.6 is 0 Å². The largest absolute Gasteiger partial charge is 0.480 e. The SMILES string of the molecule is CCCCCCC(NC(=O)C(F)(F)F)C(=O)O. The van der Waals surface area contributed by atoms with E-state index in [4.69, 9.17) is 5.11 Å². The molecule has 0 bridgehead atoms. The van der Waals surface area contributed by atoms with Crippen molar-refractivity contribution in [1.29, 1.82) is 0 Å². The normalized spacial score (nSPS) is 13.2. The van der Waals surface area contributed by atoms with Crippen molar-refractivity contribution in [3.8, 4) is 0 Å². The van der Waals surface area contributed by atoms with Gasteiger partial charge in [-0.2, -0.15) is 13.2 Å². The van der Waals surface area contributed by atoms with Gasteiger partial charge in [-0.1, -0.05) is 32.6 Å². The van der Waals surface area contributed by atoms with Crippen molar-refractivity contribution in [1.82, 2.24) is 5.32 Å². The molecule has 1 amide bonds. The molecule has 0 heterocycles. The highest BCUT2D eigenvalue weighted by Crippen LogP contribution is 2.15. The van der Waals surface area contributed by atoms with Crippen molar-refractivity contribution in [3.05, 3.63) is 0 Å². The van der Waals surface area contributed by atoms with E-state index >= 15 is 0 Å². The number of carbonyl (C=O) groups excluding carboxylic acids is 1. The van der Waals surface area contributed by atoms with Crippen LogP contribution in [-0.4, -0.2) is 29.2 Å². The number of halogens is 3. The molecule has 0 aliphatic heterocycles. The van der Waals surface area contributed by atoms with Crippen LogP contribution in [0.25, 0.3) is 0 Å². The third kappa shape index (κ3) is 6.80. The van der Waals surface area contributed by atoms with Crippen LogP contribution in [0.3, 0.4) is 0 Å². The first-order valence-electron chi connectivity index (χ1n) is 5.39. The summed E-state index contributed by atoms with van der Waals surface area (Å²) in [5.74, 6) is -3.65. The van der Waals surface area contributed by atoms with Gasteiger partial charge in [0.25, 0.3) is 0 Å². The maximum Gasteiger partial charge on any atom is 0.471 e. The molecule has 17 heavy (non-hydrogen) atoms. The fraction of sp³-hybridized carbons (Fsp3) is 0.800. The lowest BCUT2D eigenvalue weighted by molar-refractivity contribution is -0.175. The molecule has 0 aromatic rings. The van der Waals surface area contributed by atoms with E-state index in [2.05, 4.69) is 0 Å². The van der Waals surface area contributed by atoms with Crippen molar-refractivity contribution >= 4 is 11.9 Å². The summed E-state index contributed by atoms with van der Waals surface area (Å²) in [6, 6.07) is -1.47. The highest BCUT2D eigenvalue weighted by Gasteiger charge is 2.40. The van der Waals surface area contributed by atoms with Crippen LogP contribution in [0.5, 0.6) is 0 Å². The molecule has 0 spiro atoms. The van der Waals surface area contributed by atoms with E-state index < -0.39 is 24.1 Å². The Hall–Kier alpha value is -1.27. The molecule has 0 fully saturated rings. The third-order valence-corrected chi connectivity index (χ3v) is 2.21. The molecule has 0 aliphatic rings. The number of rotatable bonds is 7. The molecular weight excluding hydrogens is 239 g/mol. The van der Waals surface area contributed by atoms with Gasteiger partial charge in [-0.05, 0) is 6.42 Å². The number of amides is 1. The van der Waals surface area contributed by atoms with Gasteiger partial charge >= 0.3 is 18.1 Å². The predicted octanol–water partition coefficient (Wildman–Crippen LogP) is 2.09. The second-order valence-corrected chi connectivity index (χ2v) is 3.71. The molecule has 7 heteroatoms. The molecule has 1 atom stereocenters. The van der Waals surface area contributed by atoms with Crippen molar-refractivity contribution in [2.75, 3.05) is 0 Å². The Morgan fingerprint density at radius 3 is 2.24 bits per heavy atom. The van der Waals surface area contributed by atoms with Crippen LogP contribution in [0.2, 0.25) is 0 Å². The molecular formula is C10H16F3NO3. The van der Waals surface area contributed by atoms with Crippen molar-refractivity contribution < 1.29 is 27.9 Å². The fourth-order valence-electron chi connectivity index (χ4n) is 1.27. The zero-order chi connectivity index (χ0) is 13.5. The summed E-state index contributed by atoms with van der Waals surface area (Å²) in [4.78, 5) is 21.2. The maximum atomic E-state index is 11.9. The molecule has 1 unspecified atom stereocenters. The van der Waals surface area contributed by atoms with Crippen LogP contribution in [-0.2, 0) is 9.59 Å². The van der Waals surface area contributed by atoms with Gasteiger partial charge in [-0.3, -0.25) is 4.79 Å². The lowest BCUT2D eigenvalue weighted by Gasteiger charge is -2.15. The van der Waals surface area contributed by atoms with Crippen LogP contribution in [0.15, 0.2) is 0 Å². The Labute approximate surface area is 97.2 Å². The Balaban J connectivity index is 4.17. The first kappa shape index (κ1) is 15.7. The summed E-state index contributed by atoms with van der Waals surface area (Å²) in [6.07, 6.45) is -1.99. The van der Waals surface area contributed by atoms with E-state index in [-0.39, 0.29) is 6.42 Å². The Morgan fingerprint density at radius 2 is 1.82 bits per heavy atom. The molecule has 0 saturated heterocycles. The Bertz CT molecular complexity index is 266. The topological polar surface area (TPSA) is 66.4 Å². The second-order valence-electron chi connectivity index (χ2n) is 3.71. The number of aliphatic carboxylic acids is 1. The van der Waals surface area contributed by atoms with Gasteiger partial charge < -0.3 is 10.4 Å². The molecule has 0 rings (SSSR count). The molecule has 0 radical (unpaired) electrons. The number of nitrogens with one attached hydrogen (secondary N) is 1. The van der Waals surface area contributed by atoms with E-state index in [9.17, 15) is 22.8 Å². The van der Waals surface area contributed by atoms with Crippen LogP contribution in [0.1, 0.15) is 39.0 Å². The maximum absolute atomic E-state index is 11.9. The van der Waals surface area contributed by atoms with Gasteiger partial charge in [0.05, 0.1) is 0 Å². The Kier molecular flexibility index (Phi) is 6.60. The number of hydrogen-bond donors (Lipinski definition) is 2. The molecule has 0 aliphatic carbocycles. The van der Waals surface area contributed by atoms with Crippen LogP contribution in [0, 0.1) is 0 Å². The number of alkyl halides is 3. The van der Waals surface area contributed by atoms with Gasteiger partial charge in [0.1, 0.15) is 6.04 Å². The van der Waals surface area contributed by atoms with Crippen molar-refractivity contribution in [2.45, 2.75) is 51.2 Å². The number of carboxylic acid groups (broad SMARTS) is 1. The van der Waals surface area contributed by atoms with E-state index in [0.717, 1.165) is 19.3 Å². The molecule has 2 N–H and O–H groups in total. The summed E-state index contributed by atoms with van der Waals surface area (Å²) in [5, 5.41) is 10.1. The monoisotopic (exact) mass is 255 g/mol. The number of carbonyl (C=O) groups is 2. The van der Waals surface area contributed by atoms with Gasteiger partial charge in [-0.25, -0.2) is 4.79 Å². The van der Waals surface area contributed by atoms with Crippen molar-refractivity contribution in [3.63, 3.8) is 0 Å². The average Bonchev–Trinajstić information content (AvgIpc) is 2.20. The minimum Gasteiger partial charge on any atom is -0.480 e. The minimum atomic E-state index is -5.04. The molecule has 0 aromatic carbocycles. The summed E-state index contributed by atoms with van der Waals surface area (Å²) < 4.78 is 35.7. The zero-order valence-corrected chi connectivity index (χ0v) is 9.51. The first-order valence-corrected chi connectivity index (χ1v) is 5.39. The van der Waals surface area contributed by atoms with E-state index in [1.54, 1.807) is 0 Å². The molecule has 0 aromatic heterocycles. The van der Waals surface area contributed by atoms with E-state index in [1.807, 2.05) is 6.92 Å². The van der Waals surface area contributed by atoms with Crippen LogP contribution < -0.4 is 5.32 Å². The average molecular weight is 255 g/mol. The minimum absolute atomic E-state index is 0.0111. The van der Waals surface area contributed by atoms with Gasteiger partial charge in [-0.15, -0.1) is 0 Å². The summed E-state index contributed by atoms with van der Waals surface area (Å²) in [6.45, 7) is 1.96.